The van der Waals surface area contributed by atoms with Crippen LogP contribution in [0.1, 0.15) is 18.4 Å². The number of carbonyl (C=O) groups is 1. The summed E-state index contributed by atoms with van der Waals surface area (Å²) in [5.74, 6) is -0.0331. The molecule has 24 heavy (non-hydrogen) atoms. The summed E-state index contributed by atoms with van der Waals surface area (Å²) in [4.78, 5) is 18.5. The Morgan fingerprint density at radius 1 is 1.12 bits per heavy atom. The maximum atomic E-state index is 13.7. The van der Waals surface area contributed by atoms with Gasteiger partial charge in [0.25, 0.3) is 0 Å². The Hall–Kier alpha value is -1.50. The Morgan fingerprint density at radius 3 is 2.58 bits per heavy atom. The molecule has 1 atom stereocenters. The molecule has 0 aromatic heterocycles. The number of nitrogens with zero attached hydrogens (tertiary/aromatic N) is 3. The molecule has 2 fully saturated rings. The average Bonchev–Trinajstić information content (AvgIpc) is 2.57. The fourth-order valence-corrected chi connectivity index (χ4v) is 3.49. The number of benzene rings is 1. The third-order valence-electron chi connectivity index (χ3n) is 4.92. The van der Waals surface area contributed by atoms with Gasteiger partial charge in [0.05, 0.1) is 12.6 Å². The van der Waals surface area contributed by atoms with Gasteiger partial charge in [-0.1, -0.05) is 18.2 Å². The van der Waals surface area contributed by atoms with Crippen LogP contribution in [0.3, 0.4) is 0 Å². The maximum absolute atomic E-state index is 13.7. The predicted octanol–water partition coefficient (Wildman–Crippen LogP) is 0.927. The van der Waals surface area contributed by atoms with Gasteiger partial charge in [0.1, 0.15) is 5.82 Å². The van der Waals surface area contributed by atoms with Gasteiger partial charge in [0.15, 0.2) is 0 Å². The van der Waals surface area contributed by atoms with Crippen molar-refractivity contribution in [2.24, 2.45) is 0 Å². The second-order valence-electron chi connectivity index (χ2n) is 6.78. The number of rotatable bonds is 4. The zero-order valence-corrected chi connectivity index (χ0v) is 14.0. The smallest absolute Gasteiger partial charge is 0.236 e. The van der Waals surface area contributed by atoms with Crippen LogP contribution in [0, 0.1) is 5.82 Å². The zero-order valence-electron chi connectivity index (χ0n) is 14.0. The highest BCUT2D eigenvalue weighted by atomic mass is 19.1. The first-order chi connectivity index (χ1) is 11.6. The van der Waals surface area contributed by atoms with Crippen molar-refractivity contribution in [2.75, 3.05) is 45.8 Å². The molecule has 0 radical (unpaired) electrons. The summed E-state index contributed by atoms with van der Waals surface area (Å²) in [6.45, 7) is 5.37. The van der Waals surface area contributed by atoms with Gasteiger partial charge in [-0.15, -0.1) is 0 Å². The van der Waals surface area contributed by atoms with Crippen LogP contribution in [0.15, 0.2) is 24.3 Å². The number of likely N-dealkylation sites (tertiary alicyclic amines) is 1. The lowest BCUT2D eigenvalue weighted by Crippen LogP contribution is -2.52. The van der Waals surface area contributed by atoms with Crippen molar-refractivity contribution in [3.63, 3.8) is 0 Å². The highest BCUT2D eigenvalue weighted by Gasteiger charge is 2.25. The van der Waals surface area contributed by atoms with E-state index in [2.05, 4.69) is 4.90 Å². The molecule has 0 unspecified atom stereocenters. The molecule has 2 aliphatic rings. The number of piperidine rings is 1. The third kappa shape index (κ3) is 4.53. The van der Waals surface area contributed by atoms with E-state index in [9.17, 15) is 14.3 Å². The van der Waals surface area contributed by atoms with Crippen LogP contribution in [0.25, 0.3) is 0 Å². The van der Waals surface area contributed by atoms with Gasteiger partial charge in [-0.2, -0.15) is 0 Å². The van der Waals surface area contributed by atoms with Crippen LogP contribution in [0.2, 0.25) is 0 Å². The van der Waals surface area contributed by atoms with Gasteiger partial charge in [0.2, 0.25) is 5.91 Å². The Labute approximate surface area is 142 Å². The summed E-state index contributed by atoms with van der Waals surface area (Å²) in [7, 11) is 0. The van der Waals surface area contributed by atoms with E-state index in [4.69, 9.17) is 0 Å². The molecule has 5 nitrogen and oxygen atoms in total. The van der Waals surface area contributed by atoms with Crippen LogP contribution in [0.4, 0.5) is 4.39 Å². The van der Waals surface area contributed by atoms with E-state index in [1.807, 2.05) is 21.9 Å². The zero-order chi connectivity index (χ0) is 16.9. The second-order valence-corrected chi connectivity index (χ2v) is 6.78. The Bertz CT molecular complexity index is 561. The molecule has 132 valence electrons. The lowest BCUT2D eigenvalue weighted by Gasteiger charge is -2.37. The fraction of sp³-hybridized carbons (Fsp3) is 0.611. The Balaban J connectivity index is 1.44. The van der Waals surface area contributed by atoms with Crippen molar-refractivity contribution in [2.45, 2.75) is 25.5 Å². The molecule has 6 heteroatoms. The average molecular weight is 335 g/mol. The third-order valence-corrected chi connectivity index (χ3v) is 4.92. The number of aliphatic hydroxyl groups is 1. The molecular weight excluding hydrogens is 309 g/mol. The quantitative estimate of drug-likeness (QED) is 0.889. The first-order valence-corrected chi connectivity index (χ1v) is 8.76. The van der Waals surface area contributed by atoms with Crippen molar-refractivity contribution in [1.29, 1.82) is 0 Å². The van der Waals surface area contributed by atoms with Crippen molar-refractivity contribution in [3.05, 3.63) is 35.6 Å². The molecule has 3 rings (SSSR count). The second kappa shape index (κ2) is 8.05. The molecule has 1 aromatic rings. The van der Waals surface area contributed by atoms with Gasteiger partial charge in [-0.05, 0) is 25.5 Å². The first kappa shape index (κ1) is 17.3. The normalized spacial score (nSPS) is 23.4. The van der Waals surface area contributed by atoms with Crippen LogP contribution >= 0.6 is 0 Å². The van der Waals surface area contributed by atoms with E-state index in [1.165, 1.54) is 6.07 Å². The lowest BCUT2D eigenvalue weighted by atomic mass is 10.1. The van der Waals surface area contributed by atoms with E-state index in [0.29, 0.717) is 38.3 Å². The Morgan fingerprint density at radius 2 is 1.88 bits per heavy atom. The number of piperazine rings is 1. The number of hydrogen-bond donors (Lipinski definition) is 1. The van der Waals surface area contributed by atoms with E-state index < -0.39 is 0 Å². The molecule has 0 bridgehead atoms. The van der Waals surface area contributed by atoms with Gasteiger partial charge >= 0.3 is 0 Å². The minimum absolute atomic E-state index is 0.134. The topological polar surface area (TPSA) is 47.0 Å². The van der Waals surface area contributed by atoms with E-state index in [1.54, 1.807) is 6.07 Å². The number of halogens is 1. The van der Waals surface area contributed by atoms with Gasteiger partial charge < -0.3 is 10.0 Å². The summed E-state index contributed by atoms with van der Waals surface area (Å²) in [5.41, 5.74) is 0.708. The number of hydrogen-bond acceptors (Lipinski definition) is 4. The van der Waals surface area contributed by atoms with Crippen molar-refractivity contribution in [1.82, 2.24) is 14.7 Å². The number of amides is 1. The minimum Gasteiger partial charge on any atom is -0.392 e. The summed E-state index contributed by atoms with van der Waals surface area (Å²) in [5, 5.41) is 9.70. The Kier molecular flexibility index (Phi) is 5.81. The minimum atomic E-state index is -0.302. The molecule has 2 heterocycles. The molecule has 2 saturated heterocycles. The fourth-order valence-electron chi connectivity index (χ4n) is 3.49. The van der Waals surface area contributed by atoms with Gasteiger partial charge in [-0.3, -0.25) is 14.6 Å². The number of β-amino-alcohol motifs (C(OH)–C–C–N with tert-alkyl or cyclic N) is 1. The molecule has 1 aromatic carbocycles. The number of carbonyl (C=O) groups excluding carboxylic acids is 1. The monoisotopic (exact) mass is 335 g/mol. The summed E-state index contributed by atoms with van der Waals surface area (Å²) >= 11 is 0. The van der Waals surface area contributed by atoms with E-state index >= 15 is 0 Å². The summed E-state index contributed by atoms with van der Waals surface area (Å²) < 4.78 is 13.7. The highest BCUT2D eigenvalue weighted by molar-refractivity contribution is 5.78. The summed E-state index contributed by atoms with van der Waals surface area (Å²) in [6, 6.07) is 6.86. The molecular formula is C18H26FN3O2. The maximum Gasteiger partial charge on any atom is 0.236 e. The molecule has 1 N–H and O–H groups in total. The van der Waals surface area contributed by atoms with Gasteiger partial charge in [0, 0.05) is 44.8 Å². The predicted molar refractivity (Wildman–Crippen MR) is 89.9 cm³/mol. The largest absolute Gasteiger partial charge is 0.392 e. The van der Waals surface area contributed by atoms with Crippen molar-refractivity contribution >= 4 is 5.91 Å². The van der Waals surface area contributed by atoms with E-state index in [0.717, 1.165) is 32.5 Å². The first-order valence-electron chi connectivity index (χ1n) is 8.76. The lowest BCUT2D eigenvalue weighted by molar-refractivity contribution is -0.134. The van der Waals surface area contributed by atoms with Crippen LogP contribution in [-0.2, 0) is 11.3 Å². The molecule has 1 amide bonds. The molecule has 0 aliphatic carbocycles. The molecule has 0 saturated carbocycles. The van der Waals surface area contributed by atoms with Crippen LogP contribution < -0.4 is 0 Å². The highest BCUT2D eigenvalue weighted by Crippen LogP contribution is 2.13. The molecule has 2 aliphatic heterocycles. The molecule has 0 spiro atoms. The van der Waals surface area contributed by atoms with E-state index in [-0.39, 0.29) is 17.8 Å². The van der Waals surface area contributed by atoms with Crippen molar-refractivity contribution < 1.29 is 14.3 Å². The SMILES string of the molecule is O=C(CN1CCC[C@@H](O)C1)N1CCN(Cc2ccccc2F)CC1. The van der Waals surface area contributed by atoms with Gasteiger partial charge in [-0.25, -0.2) is 4.39 Å². The number of aliphatic hydroxyl groups excluding tert-OH is 1. The van der Waals surface area contributed by atoms with Crippen molar-refractivity contribution in [3.8, 4) is 0 Å². The summed E-state index contributed by atoms with van der Waals surface area (Å²) in [6.07, 6.45) is 1.48. The van der Waals surface area contributed by atoms with Crippen LogP contribution in [0.5, 0.6) is 0 Å². The standard InChI is InChI=1S/C18H26FN3O2/c19-17-6-2-1-4-15(17)12-20-8-10-22(11-9-20)18(24)14-21-7-3-5-16(23)13-21/h1-2,4,6,16,23H,3,5,7-14H2/t16-/m1/s1. The van der Waals surface area contributed by atoms with Crippen LogP contribution in [-0.4, -0.2) is 77.6 Å².